The molecule has 2 fully saturated rings. The number of hydrogen-bond donors (Lipinski definition) is 0. The van der Waals surface area contributed by atoms with Crippen molar-refractivity contribution in [1.29, 1.82) is 0 Å². The minimum Gasteiger partial charge on any atom is -0.493 e. The smallest absolute Gasteiger partial charge is 0.194 e. The fourth-order valence-corrected chi connectivity index (χ4v) is 8.49. The minimum absolute atomic E-state index is 0.0859. The maximum absolute atomic E-state index is 13.2. The topological polar surface area (TPSA) is 9.23 Å². The second kappa shape index (κ2) is 9.29. The van der Waals surface area contributed by atoms with E-state index in [1.54, 1.807) is 12.1 Å². The standard InChI is InChI=1S/C21H31F3OSi/c1-2-9-26-10-7-17(8-11-26)16-5-3-15(4-6-16)14-25-18-12-19(22)21(24)20(23)13-18/h12-13,15-17,26H,2-11,14H2,1H3. The summed E-state index contributed by atoms with van der Waals surface area (Å²) in [6, 6.07) is 6.49. The van der Waals surface area contributed by atoms with Crippen molar-refractivity contribution in [2.24, 2.45) is 17.8 Å². The Labute approximate surface area is 156 Å². The van der Waals surface area contributed by atoms with Crippen molar-refractivity contribution < 1.29 is 17.9 Å². The first-order valence-electron chi connectivity index (χ1n) is 10.3. The van der Waals surface area contributed by atoms with Crippen LogP contribution in [0.25, 0.3) is 0 Å². The van der Waals surface area contributed by atoms with E-state index in [4.69, 9.17) is 4.74 Å². The van der Waals surface area contributed by atoms with Crippen LogP contribution >= 0.6 is 0 Å². The molecule has 1 saturated heterocycles. The molecule has 1 nitrogen and oxygen atoms in total. The molecular formula is C21H31F3OSi. The third-order valence-electron chi connectivity index (χ3n) is 6.59. The lowest BCUT2D eigenvalue weighted by atomic mass is 9.74. The Bertz CT molecular complexity index is 556. The monoisotopic (exact) mass is 384 g/mol. The summed E-state index contributed by atoms with van der Waals surface area (Å²) in [5.74, 6) is -1.50. The minimum atomic E-state index is -1.44. The average Bonchev–Trinajstić information content (AvgIpc) is 2.66. The lowest BCUT2D eigenvalue weighted by Crippen LogP contribution is -2.29. The Kier molecular flexibility index (Phi) is 7.07. The van der Waals surface area contributed by atoms with E-state index in [0.717, 1.165) is 36.8 Å². The predicted molar refractivity (Wildman–Crippen MR) is 102 cm³/mol. The largest absolute Gasteiger partial charge is 0.493 e. The molecule has 26 heavy (non-hydrogen) atoms. The highest BCUT2D eigenvalue weighted by atomic mass is 28.3. The molecule has 1 aliphatic heterocycles. The van der Waals surface area contributed by atoms with Crippen molar-refractivity contribution in [2.75, 3.05) is 6.61 Å². The van der Waals surface area contributed by atoms with E-state index in [0.29, 0.717) is 12.5 Å². The molecule has 0 unspecified atom stereocenters. The first-order chi connectivity index (χ1) is 12.6. The molecule has 146 valence electrons. The normalized spacial score (nSPS) is 29.5. The Morgan fingerprint density at radius 3 is 2.08 bits per heavy atom. The van der Waals surface area contributed by atoms with E-state index in [2.05, 4.69) is 6.92 Å². The Morgan fingerprint density at radius 1 is 0.923 bits per heavy atom. The molecule has 1 aromatic rings. The molecule has 2 aliphatic rings. The molecule has 0 aromatic heterocycles. The van der Waals surface area contributed by atoms with Gasteiger partial charge in [-0.3, -0.25) is 0 Å². The average molecular weight is 385 g/mol. The third-order valence-corrected chi connectivity index (χ3v) is 10.3. The van der Waals surface area contributed by atoms with Crippen LogP contribution in [0, 0.1) is 35.2 Å². The number of hydrogen-bond acceptors (Lipinski definition) is 1. The van der Waals surface area contributed by atoms with E-state index in [9.17, 15) is 13.2 Å². The third kappa shape index (κ3) is 5.05. The molecule has 5 heteroatoms. The zero-order chi connectivity index (χ0) is 18.5. The number of benzene rings is 1. The van der Waals surface area contributed by atoms with Crippen molar-refractivity contribution in [3.05, 3.63) is 29.6 Å². The highest BCUT2D eigenvalue weighted by Gasteiger charge is 2.31. The quantitative estimate of drug-likeness (QED) is 0.411. The van der Waals surface area contributed by atoms with Gasteiger partial charge >= 0.3 is 0 Å². The number of halogens is 3. The SMILES string of the molecule is CCC[SiH]1CCC(C2CCC(COc3cc(F)c(F)c(F)c3)CC2)CC1. The van der Waals surface area contributed by atoms with Gasteiger partial charge in [-0.15, -0.1) is 0 Å². The molecule has 1 aliphatic carbocycles. The van der Waals surface area contributed by atoms with E-state index >= 15 is 0 Å². The molecule has 1 saturated carbocycles. The second-order valence-corrected chi connectivity index (χ2v) is 11.8. The van der Waals surface area contributed by atoms with Crippen LogP contribution in [0.1, 0.15) is 51.9 Å². The zero-order valence-corrected chi connectivity index (χ0v) is 16.9. The van der Waals surface area contributed by atoms with Gasteiger partial charge < -0.3 is 4.74 Å². The van der Waals surface area contributed by atoms with Gasteiger partial charge in [-0.1, -0.05) is 44.3 Å². The molecule has 1 heterocycles. The molecule has 0 atom stereocenters. The van der Waals surface area contributed by atoms with Crippen molar-refractivity contribution >= 4 is 8.80 Å². The summed E-state index contributed by atoms with van der Waals surface area (Å²) in [5, 5.41) is 0. The molecular weight excluding hydrogens is 353 g/mol. The van der Waals surface area contributed by atoms with Crippen LogP contribution in [0.2, 0.25) is 18.1 Å². The van der Waals surface area contributed by atoms with Gasteiger partial charge in [0, 0.05) is 20.9 Å². The first kappa shape index (κ1) is 19.8. The van der Waals surface area contributed by atoms with Crippen LogP contribution < -0.4 is 4.74 Å². The summed E-state index contributed by atoms with van der Waals surface area (Å²) in [5.41, 5.74) is 0. The second-order valence-electron chi connectivity index (χ2n) is 8.36. The van der Waals surface area contributed by atoms with E-state index in [-0.39, 0.29) is 5.75 Å². The highest BCUT2D eigenvalue weighted by Crippen LogP contribution is 2.41. The van der Waals surface area contributed by atoms with Gasteiger partial charge in [0.1, 0.15) is 5.75 Å². The van der Waals surface area contributed by atoms with Crippen LogP contribution in [0.5, 0.6) is 5.75 Å². The molecule has 0 amide bonds. The lowest BCUT2D eigenvalue weighted by molar-refractivity contribution is 0.147. The molecule has 0 radical (unpaired) electrons. The van der Waals surface area contributed by atoms with Gasteiger partial charge in [0.05, 0.1) is 6.61 Å². The predicted octanol–water partition coefficient (Wildman–Crippen LogP) is 6.34. The van der Waals surface area contributed by atoms with Gasteiger partial charge in [0.2, 0.25) is 0 Å². The van der Waals surface area contributed by atoms with Crippen LogP contribution in [0.3, 0.4) is 0 Å². The van der Waals surface area contributed by atoms with Gasteiger partial charge in [0.15, 0.2) is 17.5 Å². The van der Waals surface area contributed by atoms with E-state index in [1.807, 2.05) is 0 Å². The van der Waals surface area contributed by atoms with Gasteiger partial charge in [-0.2, -0.15) is 0 Å². The molecule has 1 aromatic carbocycles. The van der Waals surface area contributed by atoms with Crippen LogP contribution in [0.4, 0.5) is 13.2 Å². The van der Waals surface area contributed by atoms with Gasteiger partial charge in [-0.25, -0.2) is 13.2 Å². The van der Waals surface area contributed by atoms with E-state index in [1.165, 1.54) is 38.1 Å². The van der Waals surface area contributed by atoms with Crippen molar-refractivity contribution in [1.82, 2.24) is 0 Å². The highest BCUT2D eigenvalue weighted by molar-refractivity contribution is 6.58. The van der Waals surface area contributed by atoms with Crippen LogP contribution in [-0.2, 0) is 0 Å². The van der Waals surface area contributed by atoms with Crippen molar-refractivity contribution in [2.45, 2.75) is 70.0 Å². The number of rotatable bonds is 6. The van der Waals surface area contributed by atoms with Crippen LogP contribution in [0.15, 0.2) is 12.1 Å². The summed E-state index contributed by atoms with van der Waals surface area (Å²) in [6.07, 6.45) is 9.05. The summed E-state index contributed by atoms with van der Waals surface area (Å²) in [6.45, 7) is 2.78. The number of ether oxygens (including phenoxy) is 1. The Balaban J connectivity index is 1.40. The molecule has 0 N–H and O–H groups in total. The van der Waals surface area contributed by atoms with Crippen molar-refractivity contribution in [3.8, 4) is 5.75 Å². The van der Waals surface area contributed by atoms with Crippen LogP contribution in [-0.4, -0.2) is 15.4 Å². The fraction of sp³-hybridized carbons (Fsp3) is 0.714. The summed E-state index contributed by atoms with van der Waals surface area (Å²) in [4.78, 5) is 0. The summed E-state index contributed by atoms with van der Waals surface area (Å²) in [7, 11) is -0.398. The fourth-order valence-electron chi connectivity index (χ4n) is 5.01. The van der Waals surface area contributed by atoms with Crippen molar-refractivity contribution in [3.63, 3.8) is 0 Å². The maximum Gasteiger partial charge on any atom is 0.194 e. The Morgan fingerprint density at radius 2 is 1.50 bits per heavy atom. The molecule has 3 rings (SSSR count). The van der Waals surface area contributed by atoms with Gasteiger partial charge in [0.25, 0.3) is 0 Å². The van der Waals surface area contributed by atoms with E-state index < -0.39 is 26.2 Å². The summed E-state index contributed by atoms with van der Waals surface area (Å²) >= 11 is 0. The zero-order valence-electron chi connectivity index (χ0n) is 15.8. The molecule has 0 bridgehead atoms. The lowest BCUT2D eigenvalue weighted by Gasteiger charge is -2.37. The first-order valence-corrected chi connectivity index (χ1v) is 12.8. The summed E-state index contributed by atoms with van der Waals surface area (Å²) < 4.78 is 45.0. The molecule has 0 spiro atoms. The Hall–Kier alpha value is -0.973. The van der Waals surface area contributed by atoms with Gasteiger partial charge in [-0.05, 0) is 43.4 Å². The maximum atomic E-state index is 13.2.